The highest BCUT2D eigenvalue weighted by atomic mass is 35.5. The van der Waals surface area contributed by atoms with Crippen LogP contribution in [-0.2, 0) is 0 Å². The van der Waals surface area contributed by atoms with E-state index in [0.29, 0.717) is 11.6 Å². The lowest BCUT2D eigenvalue weighted by atomic mass is 9.96. The maximum absolute atomic E-state index is 9.85. The first kappa shape index (κ1) is 12.0. The molecule has 2 nitrogen and oxygen atoms in total. The van der Waals surface area contributed by atoms with Crippen LogP contribution in [0.2, 0.25) is 0 Å². The van der Waals surface area contributed by atoms with E-state index >= 15 is 0 Å². The molecule has 1 aliphatic rings. The Morgan fingerprint density at radius 3 is 2.93 bits per heavy atom. The Kier molecular flexibility index (Phi) is 4.93. The molecule has 3 heteroatoms. The van der Waals surface area contributed by atoms with E-state index in [1.54, 1.807) is 0 Å². The van der Waals surface area contributed by atoms with Gasteiger partial charge in [-0.15, -0.1) is 0 Å². The monoisotopic (exact) mass is 217 g/mol. The minimum atomic E-state index is -0.216. The number of piperidine rings is 1. The van der Waals surface area contributed by atoms with Crippen molar-refractivity contribution in [2.24, 2.45) is 0 Å². The van der Waals surface area contributed by atoms with Gasteiger partial charge in [-0.1, -0.05) is 31.5 Å². The second kappa shape index (κ2) is 5.74. The zero-order chi connectivity index (χ0) is 10.6. The topological polar surface area (TPSA) is 23.5 Å². The highest BCUT2D eigenvalue weighted by Gasteiger charge is 2.27. The van der Waals surface area contributed by atoms with Crippen LogP contribution in [0.1, 0.15) is 32.6 Å². The number of hydrogen-bond acceptors (Lipinski definition) is 2. The summed E-state index contributed by atoms with van der Waals surface area (Å²) in [6.07, 6.45) is 4.10. The molecule has 2 atom stereocenters. The van der Waals surface area contributed by atoms with Gasteiger partial charge in [0, 0.05) is 17.6 Å². The Balaban J connectivity index is 2.54. The molecule has 14 heavy (non-hydrogen) atoms. The molecule has 0 aliphatic carbocycles. The Bertz CT molecular complexity index is 196. The third-order valence-electron chi connectivity index (χ3n) is 2.90. The molecule has 0 bridgehead atoms. The number of rotatable bonds is 4. The smallest absolute Gasteiger partial charge is 0.0692 e. The van der Waals surface area contributed by atoms with E-state index in [9.17, 15) is 5.11 Å². The predicted molar refractivity (Wildman–Crippen MR) is 60.5 cm³/mol. The summed E-state index contributed by atoms with van der Waals surface area (Å²) in [6.45, 7) is 7.48. The average molecular weight is 218 g/mol. The van der Waals surface area contributed by atoms with Crippen molar-refractivity contribution < 1.29 is 5.11 Å². The van der Waals surface area contributed by atoms with Crippen molar-refractivity contribution in [2.75, 3.05) is 13.1 Å². The minimum Gasteiger partial charge on any atom is -0.392 e. The highest BCUT2D eigenvalue weighted by molar-refractivity contribution is 6.29. The van der Waals surface area contributed by atoms with E-state index in [0.717, 1.165) is 19.4 Å². The van der Waals surface area contributed by atoms with Gasteiger partial charge >= 0.3 is 0 Å². The maximum atomic E-state index is 9.85. The molecule has 1 aliphatic heterocycles. The van der Waals surface area contributed by atoms with Gasteiger partial charge in [-0.3, -0.25) is 4.90 Å². The van der Waals surface area contributed by atoms with Crippen molar-refractivity contribution in [2.45, 2.75) is 44.8 Å². The number of aliphatic hydroxyl groups excluding tert-OH is 1. The van der Waals surface area contributed by atoms with Crippen molar-refractivity contribution in [1.29, 1.82) is 0 Å². The van der Waals surface area contributed by atoms with Crippen LogP contribution in [-0.4, -0.2) is 35.2 Å². The minimum absolute atomic E-state index is 0.216. The summed E-state index contributed by atoms with van der Waals surface area (Å²) in [7, 11) is 0. The van der Waals surface area contributed by atoms with Crippen LogP contribution in [0.5, 0.6) is 0 Å². The van der Waals surface area contributed by atoms with Crippen LogP contribution >= 0.6 is 11.6 Å². The summed E-state index contributed by atoms with van der Waals surface area (Å²) in [5.74, 6) is 0. The normalized spacial score (nSPS) is 26.1. The van der Waals surface area contributed by atoms with Crippen LogP contribution in [0.3, 0.4) is 0 Å². The maximum Gasteiger partial charge on any atom is 0.0692 e. The third-order valence-corrected chi connectivity index (χ3v) is 3.02. The Morgan fingerprint density at radius 2 is 2.36 bits per heavy atom. The van der Waals surface area contributed by atoms with Crippen molar-refractivity contribution in [3.8, 4) is 0 Å². The molecule has 82 valence electrons. The molecule has 0 spiro atoms. The molecule has 0 amide bonds. The highest BCUT2D eigenvalue weighted by Crippen LogP contribution is 2.22. The van der Waals surface area contributed by atoms with Crippen LogP contribution < -0.4 is 0 Å². The molecule has 1 rings (SSSR count). The Labute approximate surface area is 91.6 Å². The van der Waals surface area contributed by atoms with Gasteiger partial charge in [0.2, 0.25) is 0 Å². The molecule has 1 saturated heterocycles. The van der Waals surface area contributed by atoms with E-state index in [2.05, 4.69) is 11.5 Å². The SMILES string of the molecule is C=C(Cl)CN1CCCC[C@H]1[C@@H](O)CC. The summed E-state index contributed by atoms with van der Waals surface area (Å²) >= 11 is 5.81. The van der Waals surface area contributed by atoms with E-state index in [-0.39, 0.29) is 12.1 Å². The number of likely N-dealkylation sites (tertiary alicyclic amines) is 1. The van der Waals surface area contributed by atoms with Crippen LogP contribution in [0.25, 0.3) is 0 Å². The molecule has 0 aromatic carbocycles. The van der Waals surface area contributed by atoms with Crippen LogP contribution in [0.4, 0.5) is 0 Å². The molecule has 0 saturated carbocycles. The first-order chi connectivity index (χ1) is 6.65. The van der Waals surface area contributed by atoms with Gasteiger partial charge in [-0.05, 0) is 25.8 Å². The summed E-state index contributed by atoms with van der Waals surface area (Å²) in [4.78, 5) is 2.26. The molecule has 1 N–H and O–H groups in total. The zero-order valence-electron chi connectivity index (χ0n) is 8.88. The van der Waals surface area contributed by atoms with E-state index < -0.39 is 0 Å². The number of aliphatic hydroxyl groups is 1. The number of nitrogens with zero attached hydrogens (tertiary/aromatic N) is 1. The first-order valence-electron chi connectivity index (χ1n) is 5.40. The lowest BCUT2D eigenvalue weighted by molar-refractivity contribution is 0.0302. The third kappa shape index (κ3) is 3.26. The predicted octanol–water partition coefficient (Wildman–Crippen LogP) is 2.36. The van der Waals surface area contributed by atoms with Crippen molar-refractivity contribution in [3.05, 3.63) is 11.6 Å². The second-order valence-corrected chi connectivity index (χ2v) is 4.56. The van der Waals surface area contributed by atoms with Gasteiger partial charge in [-0.2, -0.15) is 0 Å². The number of hydrogen-bond donors (Lipinski definition) is 1. The quantitative estimate of drug-likeness (QED) is 0.782. The molecule has 1 fully saturated rings. The Morgan fingerprint density at radius 1 is 1.64 bits per heavy atom. The molecular formula is C11H20ClNO. The largest absolute Gasteiger partial charge is 0.392 e. The average Bonchev–Trinajstić information content (AvgIpc) is 2.16. The fraction of sp³-hybridized carbons (Fsp3) is 0.818. The van der Waals surface area contributed by atoms with E-state index in [1.807, 2.05) is 6.92 Å². The molecule has 0 radical (unpaired) electrons. The van der Waals surface area contributed by atoms with E-state index in [4.69, 9.17) is 11.6 Å². The van der Waals surface area contributed by atoms with Gasteiger partial charge in [0.05, 0.1) is 6.10 Å². The standard InChI is InChI=1S/C11H20ClNO/c1-3-11(14)10-6-4-5-7-13(10)8-9(2)12/h10-11,14H,2-8H2,1H3/t10-,11-/m0/s1. The summed E-state index contributed by atoms with van der Waals surface area (Å²) < 4.78 is 0. The van der Waals surface area contributed by atoms with Crippen molar-refractivity contribution in [3.63, 3.8) is 0 Å². The second-order valence-electron chi connectivity index (χ2n) is 4.03. The molecule has 0 unspecified atom stereocenters. The van der Waals surface area contributed by atoms with Crippen LogP contribution in [0.15, 0.2) is 11.6 Å². The molecular weight excluding hydrogens is 198 g/mol. The fourth-order valence-electron chi connectivity index (χ4n) is 2.14. The first-order valence-corrected chi connectivity index (χ1v) is 5.78. The zero-order valence-corrected chi connectivity index (χ0v) is 9.63. The summed E-state index contributed by atoms with van der Waals surface area (Å²) in [5.41, 5.74) is 0. The van der Waals surface area contributed by atoms with Gasteiger partial charge in [-0.25, -0.2) is 0 Å². The summed E-state index contributed by atoms with van der Waals surface area (Å²) in [6, 6.07) is 0.282. The van der Waals surface area contributed by atoms with Crippen molar-refractivity contribution in [1.82, 2.24) is 4.90 Å². The van der Waals surface area contributed by atoms with Crippen molar-refractivity contribution >= 4 is 11.6 Å². The Hall–Kier alpha value is -0.0500. The van der Waals surface area contributed by atoms with Gasteiger partial charge in [0.15, 0.2) is 0 Å². The van der Waals surface area contributed by atoms with Gasteiger partial charge in [0.25, 0.3) is 0 Å². The molecule has 0 aromatic heterocycles. The lowest BCUT2D eigenvalue weighted by Gasteiger charge is -2.38. The van der Waals surface area contributed by atoms with E-state index in [1.165, 1.54) is 12.8 Å². The van der Waals surface area contributed by atoms with Crippen LogP contribution in [0, 0.1) is 0 Å². The van der Waals surface area contributed by atoms with Gasteiger partial charge in [0.1, 0.15) is 0 Å². The summed E-state index contributed by atoms with van der Waals surface area (Å²) in [5, 5.41) is 10.5. The van der Waals surface area contributed by atoms with Gasteiger partial charge < -0.3 is 5.11 Å². The molecule has 0 aromatic rings. The lowest BCUT2D eigenvalue weighted by Crippen LogP contribution is -2.46. The fourth-order valence-corrected chi connectivity index (χ4v) is 2.29. The molecule has 1 heterocycles. The number of halogens is 1.